The molecule has 6 nitrogen and oxygen atoms in total. The van der Waals surface area contributed by atoms with Gasteiger partial charge >= 0.3 is 6.03 Å². The summed E-state index contributed by atoms with van der Waals surface area (Å²) in [6.45, 7) is 2.20. The molecule has 1 aromatic carbocycles. The molecule has 1 heterocycles. The third kappa shape index (κ3) is 3.55. The Labute approximate surface area is 119 Å². The quantitative estimate of drug-likeness (QED) is 0.669. The van der Waals surface area contributed by atoms with Gasteiger partial charge in [-0.1, -0.05) is 12.1 Å². The molecular formula is C13H13N3O3S. The lowest BCUT2D eigenvalue weighted by Gasteiger charge is -2.09. The van der Waals surface area contributed by atoms with E-state index >= 15 is 0 Å². The van der Waals surface area contributed by atoms with E-state index in [9.17, 15) is 14.9 Å². The first-order valence-electron chi connectivity index (χ1n) is 5.88. The average Bonchev–Trinajstić information content (AvgIpc) is 2.92. The SMILES string of the molecule is Cc1ccc([N+](=O)[O-])cc1NC(=O)NCc1cccs1. The van der Waals surface area contributed by atoms with E-state index in [-0.39, 0.29) is 11.7 Å². The van der Waals surface area contributed by atoms with Gasteiger partial charge in [-0.2, -0.15) is 0 Å². The summed E-state index contributed by atoms with van der Waals surface area (Å²) in [6.07, 6.45) is 0. The maximum Gasteiger partial charge on any atom is 0.319 e. The number of amides is 2. The minimum atomic E-state index is -0.492. The first-order chi connectivity index (χ1) is 9.56. The molecule has 7 heteroatoms. The maximum atomic E-state index is 11.8. The molecule has 2 N–H and O–H groups in total. The number of benzene rings is 1. The molecule has 0 fully saturated rings. The van der Waals surface area contributed by atoms with Crippen LogP contribution in [0.3, 0.4) is 0 Å². The number of anilines is 1. The second kappa shape index (κ2) is 6.16. The predicted molar refractivity (Wildman–Crippen MR) is 78.0 cm³/mol. The van der Waals surface area contributed by atoms with Crippen molar-refractivity contribution in [1.82, 2.24) is 5.32 Å². The summed E-state index contributed by atoms with van der Waals surface area (Å²) in [5, 5.41) is 18.0. The van der Waals surface area contributed by atoms with Gasteiger partial charge in [0.25, 0.3) is 5.69 Å². The summed E-state index contributed by atoms with van der Waals surface area (Å²) in [7, 11) is 0. The van der Waals surface area contributed by atoms with E-state index in [4.69, 9.17) is 0 Å². The fourth-order valence-electron chi connectivity index (χ4n) is 1.61. The standard InChI is InChI=1S/C13H13N3O3S/c1-9-4-5-10(16(18)19)7-12(9)15-13(17)14-8-11-3-2-6-20-11/h2-7H,8H2,1H3,(H2,14,15,17). The number of nitro benzene ring substituents is 1. The second-order valence-corrected chi connectivity index (χ2v) is 5.18. The highest BCUT2D eigenvalue weighted by Crippen LogP contribution is 2.21. The van der Waals surface area contributed by atoms with E-state index in [0.29, 0.717) is 12.2 Å². The van der Waals surface area contributed by atoms with Gasteiger partial charge in [-0.25, -0.2) is 4.79 Å². The number of thiophene rings is 1. The molecule has 0 spiro atoms. The summed E-state index contributed by atoms with van der Waals surface area (Å²) >= 11 is 1.55. The molecule has 0 saturated carbocycles. The molecule has 1 aromatic heterocycles. The zero-order valence-corrected chi connectivity index (χ0v) is 11.6. The summed E-state index contributed by atoms with van der Waals surface area (Å²) in [5.41, 5.74) is 1.15. The van der Waals surface area contributed by atoms with Crippen LogP contribution in [0.15, 0.2) is 35.7 Å². The van der Waals surface area contributed by atoms with Crippen molar-refractivity contribution < 1.29 is 9.72 Å². The maximum absolute atomic E-state index is 11.8. The highest BCUT2D eigenvalue weighted by atomic mass is 32.1. The van der Waals surface area contributed by atoms with Crippen LogP contribution in [0.25, 0.3) is 0 Å². The molecule has 0 bridgehead atoms. The van der Waals surface area contributed by atoms with Gasteiger partial charge in [-0.05, 0) is 23.9 Å². The van der Waals surface area contributed by atoms with Gasteiger partial charge in [0.05, 0.1) is 17.2 Å². The molecule has 104 valence electrons. The molecule has 0 atom stereocenters. The van der Waals surface area contributed by atoms with Crippen molar-refractivity contribution in [3.63, 3.8) is 0 Å². The number of hydrogen-bond acceptors (Lipinski definition) is 4. The van der Waals surface area contributed by atoms with Crippen LogP contribution in [-0.2, 0) is 6.54 Å². The summed E-state index contributed by atoms with van der Waals surface area (Å²) < 4.78 is 0. The van der Waals surface area contributed by atoms with Gasteiger partial charge in [0.2, 0.25) is 0 Å². The number of carbonyl (C=O) groups excluding carboxylic acids is 1. The Hall–Kier alpha value is -2.41. The summed E-state index contributed by atoms with van der Waals surface area (Å²) in [4.78, 5) is 23.0. The Kier molecular flexibility index (Phi) is 4.31. The minimum Gasteiger partial charge on any atom is -0.333 e. The molecular weight excluding hydrogens is 278 g/mol. The molecule has 0 unspecified atom stereocenters. The number of rotatable bonds is 4. The van der Waals surface area contributed by atoms with E-state index < -0.39 is 4.92 Å². The van der Waals surface area contributed by atoms with Crippen molar-refractivity contribution in [3.8, 4) is 0 Å². The summed E-state index contributed by atoms with van der Waals surface area (Å²) in [5.74, 6) is 0. The van der Waals surface area contributed by atoms with E-state index in [1.807, 2.05) is 17.5 Å². The fourth-order valence-corrected chi connectivity index (χ4v) is 2.25. The number of non-ortho nitro benzene ring substituents is 1. The molecule has 2 aromatic rings. The average molecular weight is 291 g/mol. The van der Waals surface area contributed by atoms with E-state index in [1.54, 1.807) is 24.3 Å². The van der Waals surface area contributed by atoms with Crippen molar-refractivity contribution in [1.29, 1.82) is 0 Å². The first kappa shape index (κ1) is 14.0. The lowest BCUT2D eigenvalue weighted by molar-refractivity contribution is -0.384. The lowest BCUT2D eigenvalue weighted by Crippen LogP contribution is -2.28. The smallest absolute Gasteiger partial charge is 0.319 e. The molecule has 0 aliphatic heterocycles. The molecule has 0 aliphatic rings. The number of aryl methyl sites for hydroxylation is 1. The van der Waals surface area contributed by atoms with Gasteiger partial charge in [0.1, 0.15) is 0 Å². The minimum absolute atomic E-state index is 0.0517. The molecule has 2 rings (SSSR count). The molecule has 20 heavy (non-hydrogen) atoms. The van der Waals surface area contributed by atoms with Crippen LogP contribution in [0.2, 0.25) is 0 Å². The Morgan fingerprint density at radius 2 is 2.20 bits per heavy atom. The van der Waals surface area contributed by atoms with Crippen molar-refractivity contribution in [2.45, 2.75) is 13.5 Å². The van der Waals surface area contributed by atoms with Crippen LogP contribution >= 0.6 is 11.3 Å². The van der Waals surface area contributed by atoms with Crippen LogP contribution in [0.1, 0.15) is 10.4 Å². The van der Waals surface area contributed by atoms with Gasteiger partial charge in [-0.3, -0.25) is 10.1 Å². The zero-order valence-electron chi connectivity index (χ0n) is 10.8. The molecule has 2 amide bonds. The Morgan fingerprint density at radius 3 is 2.85 bits per heavy atom. The summed E-state index contributed by atoms with van der Waals surface area (Å²) in [6, 6.07) is 7.80. The number of carbonyl (C=O) groups is 1. The molecule has 0 aliphatic carbocycles. The van der Waals surface area contributed by atoms with Gasteiger partial charge < -0.3 is 10.6 Å². The Bertz CT molecular complexity index is 626. The lowest BCUT2D eigenvalue weighted by atomic mass is 10.2. The van der Waals surface area contributed by atoms with Crippen molar-refractivity contribution in [3.05, 3.63) is 56.3 Å². The van der Waals surface area contributed by atoms with E-state index in [0.717, 1.165) is 10.4 Å². The third-order valence-corrected chi connectivity index (χ3v) is 3.56. The number of nitrogens with one attached hydrogen (secondary N) is 2. The van der Waals surface area contributed by atoms with Crippen LogP contribution < -0.4 is 10.6 Å². The predicted octanol–water partition coefficient (Wildman–Crippen LogP) is 3.29. The van der Waals surface area contributed by atoms with Crippen molar-refractivity contribution >= 4 is 28.7 Å². The Balaban J connectivity index is 2.00. The number of nitro groups is 1. The number of urea groups is 1. The van der Waals surface area contributed by atoms with Crippen LogP contribution in [0.4, 0.5) is 16.2 Å². The monoisotopic (exact) mass is 291 g/mol. The van der Waals surface area contributed by atoms with Crippen LogP contribution in [0, 0.1) is 17.0 Å². The second-order valence-electron chi connectivity index (χ2n) is 4.14. The fraction of sp³-hybridized carbons (Fsp3) is 0.154. The molecule has 0 radical (unpaired) electrons. The Morgan fingerprint density at radius 1 is 1.40 bits per heavy atom. The van der Waals surface area contributed by atoms with Crippen molar-refractivity contribution in [2.75, 3.05) is 5.32 Å². The van der Waals surface area contributed by atoms with Crippen molar-refractivity contribution in [2.24, 2.45) is 0 Å². The number of nitrogens with zero attached hydrogens (tertiary/aromatic N) is 1. The van der Waals surface area contributed by atoms with Gasteiger partial charge in [0, 0.05) is 17.0 Å². The largest absolute Gasteiger partial charge is 0.333 e. The number of hydrogen-bond donors (Lipinski definition) is 2. The van der Waals surface area contributed by atoms with Crippen LogP contribution in [0.5, 0.6) is 0 Å². The normalized spacial score (nSPS) is 10.1. The molecule has 0 saturated heterocycles. The highest BCUT2D eigenvalue weighted by Gasteiger charge is 2.10. The highest BCUT2D eigenvalue weighted by molar-refractivity contribution is 7.09. The van der Waals surface area contributed by atoms with Crippen LogP contribution in [-0.4, -0.2) is 11.0 Å². The zero-order chi connectivity index (χ0) is 14.5. The van der Waals surface area contributed by atoms with Gasteiger partial charge in [0.15, 0.2) is 0 Å². The first-order valence-corrected chi connectivity index (χ1v) is 6.76. The topological polar surface area (TPSA) is 84.3 Å². The van der Waals surface area contributed by atoms with Gasteiger partial charge in [-0.15, -0.1) is 11.3 Å². The van der Waals surface area contributed by atoms with E-state index in [1.165, 1.54) is 12.1 Å². The third-order valence-electron chi connectivity index (χ3n) is 2.68. The van der Waals surface area contributed by atoms with E-state index in [2.05, 4.69) is 10.6 Å².